The van der Waals surface area contributed by atoms with E-state index in [9.17, 15) is 9.59 Å². The highest BCUT2D eigenvalue weighted by Gasteiger charge is 2.19. The number of aliphatic hydroxyl groups excluding tert-OH is 1. The van der Waals surface area contributed by atoms with Crippen LogP contribution in [0.25, 0.3) is 0 Å². The molecule has 1 atom stereocenters. The zero-order valence-electron chi connectivity index (χ0n) is 12.8. The summed E-state index contributed by atoms with van der Waals surface area (Å²) in [5.74, 6) is -0.146. The van der Waals surface area contributed by atoms with Gasteiger partial charge in [-0.25, -0.2) is 4.79 Å². The summed E-state index contributed by atoms with van der Waals surface area (Å²) in [6, 6.07) is -0.266. The van der Waals surface area contributed by atoms with E-state index in [2.05, 4.69) is 16.0 Å². The molecule has 0 heterocycles. The molecule has 0 aromatic carbocycles. The lowest BCUT2D eigenvalue weighted by Crippen LogP contribution is -2.46. The molecule has 0 radical (unpaired) electrons. The van der Waals surface area contributed by atoms with Crippen molar-refractivity contribution < 1.29 is 19.4 Å². The summed E-state index contributed by atoms with van der Waals surface area (Å²) < 4.78 is 5.16. The van der Waals surface area contributed by atoms with Gasteiger partial charge in [0.1, 0.15) is 5.60 Å². The molecular formula is C13H27N3O4. The van der Waals surface area contributed by atoms with Crippen molar-refractivity contribution in [2.75, 3.05) is 26.7 Å². The van der Waals surface area contributed by atoms with E-state index in [0.717, 1.165) is 0 Å². The Morgan fingerprint density at radius 1 is 1.30 bits per heavy atom. The molecule has 0 rings (SSSR count). The number of likely N-dealkylation sites (N-methyl/N-ethyl adjacent to an activating group) is 1. The van der Waals surface area contributed by atoms with Crippen molar-refractivity contribution in [3.8, 4) is 0 Å². The Morgan fingerprint density at radius 2 is 1.95 bits per heavy atom. The van der Waals surface area contributed by atoms with Gasteiger partial charge in [0.05, 0.1) is 6.54 Å². The summed E-state index contributed by atoms with van der Waals surface area (Å²) in [6.07, 6.45) is 0.584. The van der Waals surface area contributed by atoms with Gasteiger partial charge >= 0.3 is 6.09 Å². The van der Waals surface area contributed by atoms with Crippen LogP contribution in [0.1, 0.15) is 33.6 Å². The molecule has 118 valence electrons. The molecule has 0 bridgehead atoms. The maximum atomic E-state index is 11.7. The minimum atomic E-state index is -0.568. The van der Waals surface area contributed by atoms with Crippen LogP contribution in [0.2, 0.25) is 0 Å². The fourth-order valence-electron chi connectivity index (χ4n) is 1.50. The van der Waals surface area contributed by atoms with Crippen LogP contribution >= 0.6 is 0 Å². The average Bonchev–Trinajstić information content (AvgIpc) is 2.30. The minimum absolute atomic E-state index is 0.0387. The molecule has 0 aromatic heterocycles. The second-order valence-corrected chi connectivity index (χ2v) is 5.54. The fraction of sp³-hybridized carbons (Fsp3) is 0.846. The van der Waals surface area contributed by atoms with E-state index in [-0.39, 0.29) is 25.1 Å². The lowest BCUT2D eigenvalue weighted by Gasteiger charge is -2.23. The van der Waals surface area contributed by atoms with Crippen molar-refractivity contribution in [1.82, 2.24) is 16.0 Å². The van der Waals surface area contributed by atoms with Crippen LogP contribution in [0.3, 0.4) is 0 Å². The van der Waals surface area contributed by atoms with Gasteiger partial charge in [-0.3, -0.25) is 4.79 Å². The van der Waals surface area contributed by atoms with Crippen molar-refractivity contribution >= 4 is 12.0 Å². The zero-order chi connectivity index (χ0) is 15.6. The van der Waals surface area contributed by atoms with Gasteiger partial charge in [-0.2, -0.15) is 0 Å². The van der Waals surface area contributed by atoms with Crippen molar-refractivity contribution in [3.05, 3.63) is 0 Å². The number of alkyl carbamates (subject to hydrolysis) is 1. The third-order valence-electron chi connectivity index (χ3n) is 2.31. The second-order valence-electron chi connectivity index (χ2n) is 5.54. The quantitative estimate of drug-likeness (QED) is 0.503. The summed E-state index contributed by atoms with van der Waals surface area (Å²) in [4.78, 5) is 23.1. The number of carbonyl (C=O) groups is 2. The van der Waals surface area contributed by atoms with Crippen LogP contribution in [0.5, 0.6) is 0 Å². The summed E-state index contributed by atoms with van der Waals surface area (Å²) in [5.41, 5.74) is -0.568. The monoisotopic (exact) mass is 289 g/mol. The number of ether oxygens (including phenoxy) is 1. The number of hydrogen-bond donors (Lipinski definition) is 4. The van der Waals surface area contributed by atoms with E-state index in [1.165, 1.54) is 0 Å². The second kappa shape index (κ2) is 9.55. The number of amides is 2. The van der Waals surface area contributed by atoms with E-state index in [1.54, 1.807) is 27.8 Å². The summed E-state index contributed by atoms with van der Waals surface area (Å²) in [6.45, 7) is 5.91. The Hall–Kier alpha value is -1.34. The number of aliphatic hydroxyl groups is 1. The molecule has 0 aliphatic carbocycles. The molecule has 1 unspecified atom stereocenters. The molecule has 0 aliphatic rings. The standard InChI is InChI=1S/C13H27N3O4/c1-13(2,3)20-12(19)16-10(6-5-7-17)8-15-11(18)9-14-4/h10,14,17H,5-9H2,1-4H3,(H,15,18)(H,16,19). The number of nitrogens with one attached hydrogen (secondary N) is 3. The summed E-state index contributed by atoms with van der Waals surface area (Å²) >= 11 is 0. The summed E-state index contributed by atoms with van der Waals surface area (Å²) in [5, 5.41) is 17.0. The Balaban J connectivity index is 4.26. The first-order valence-electron chi connectivity index (χ1n) is 6.80. The Morgan fingerprint density at radius 3 is 2.45 bits per heavy atom. The molecule has 0 aliphatic heterocycles. The first-order chi connectivity index (χ1) is 9.28. The Bertz CT molecular complexity index is 302. The predicted octanol–water partition coefficient (Wildman–Crippen LogP) is -0.0122. The number of rotatable bonds is 8. The first kappa shape index (κ1) is 18.7. The van der Waals surface area contributed by atoms with Crippen LogP contribution in [0, 0.1) is 0 Å². The Labute approximate surface area is 120 Å². The SMILES string of the molecule is CNCC(=O)NCC(CCCO)NC(=O)OC(C)(C)C. The normalized spacial score (nSPS) is 12.7. The van der Waals surface area contributed by atoms with Crippen LogP contribution in [0.4, 0.5) is 4.79 Å². The highest BCUT2D eigenvalue weighted by molar-refractivity contribution is 5.78. The molecular weight excluding hydrogens is 262 g/mol. The number of hydrogen-bond acceptors (Lipinski definition) is 5. The summed E-state index contributed by atoms with van der Waals surface area (Å²) in [7, 11) is 1.68. The fourth-order valence-corrected chi connectivity index (χ4v) is 1.50. The van der Waals surface area contributed by atoms with E-state index >= 15 is 0 Å². The topological polar surface area (TPSA) is 99.7 Å². The molecule has 7 nitrogen and oxygen atoms in total. The molecule has 0 aromatic rings. The minimum Gasteiger partial charge on any atom is -0.444 e. The lowest BCUT2D eigenvalue weighted by molar-refractivity contribution is -0.120. The smallest absolute Gasteiger partial charge is 0.407 e. The van der Waals surface area contributed by atoms with Crippen LogP contribution in [-0.4, -0.2) is 55.5 Å². The Kier molecular flexibility index (Phi) is 8.91. The zero-order valence-corrected chi connectivity index (χ0v) is 12.8. The molecule has 20 heavy (non-hydrogen) atoms. The van der Waals surface area contributed by atoms with Gasteiger partial charge in [0.25, 0.3) is 0 Å². The van der Waals surface area contributed by atoms with Crippen molar-refractivity contribution in [2.45, 2.75) is 45.3 Å². The molecule has 2 amide bonds. The van der Waals surface area contributed by atoms with Gasteiger partial charge in [-0.1, -0.05) is 0 Å². The third kappa shape index (κ3) is 10.6. The van der Waals surface area contributed by atoms with Crippen molar-refractivity contribution in [3.63, 3.8) is 0 Å². The maximum absolute atomic E-state index is 11.7. The van der Waals surface area contributed by atoms with E-state index in [1.807, 2.05) is 0 Å². The van der Waals surface area contributed by atoms with Gasteiger partial charge in [0, 0.05) is 19.2 Å². The first-order valence-corrected chi connectivity index (χ1v) is 6.80. The largest absolute Gasteiger partial charge is 0.444 e. The molecule has 0 saturated heterocycles. The number of carbonyl (C=O) groups excluding carboxylic acids is 2. The highest BCUT2D eigenvalue weighted by Crippen LogP contribution is 2.07. The van der Waals surface area contributed by atoms with Gasteiger partial charge in [0.2, 0.25) is 5.91 Å². The molecule has 0 spiro atoms. The van der Waals surface area contributed by atoms with Gasteiger partial charge < -0.3 is 25.8 Å². The lowest BCUT2D eigenvalue weighted by atomic mass is 10.1. The van der Waals surface area contributed by atoms with Gasteiger partial charge in [0.15, 0.2) is 0 Å². The van der Waals surface area contributed by atoms with Crippen LogP contribution in [-0.2, 0) is 9.53 Å². The predicted molar refractivity (Wildman–Crippen MR) is 76.4 cm³/mol. The third-order valence-corrected chi connectivity index (χ3v) is 2.31. The molecule has 7 heteroatoms. The maximum Gasteiger partial charge on any atom is 0.407 e. The van der Waals surface area contributed by atoms with Crippen LogP contribution < -0.4 is 16.0 Å². The van der Waals surface area contributed by atoms with Crippen LogP contribution in [0.15, 0.2) is 0 Å². The molecule has 4 N–H and O–H groups in total. The molecule has 0 fully saturated rings. The van der Waals surface area contributed by atoms with E-state index in [4.69, 9.17) is 9.84 Å². The van der Waals surface area contributed by atoms with Gasteiger partial charge in [-0.15, -0.1) is 0 Å². The average molecular weight is 289 g/mol. The molecule has 0 saturated carbocycles. The van der Waals surface area contributed by atoms with Crippen molar-refractivity contribution in [2.24, 2.45) is 0 Å². The van der Waals surface area contributed by atoms with Gasteiger partial charge in [-0.05, 0) is 40.7 Å². The van der Waals surface area contributed by atoms with E-state index < -0.39 is 11.7 Å². The van der Waals surface area contributed by atoms with E-state index in [0.29, 0.717) is 19.4 Å². The van der Waals surface area contributed by atoms with Crippen molar-refractivity contribution in [1.29, 1.82) is 0 Å². The highest BCUT2D eigenvalue weighted by atomic mass is 16.6.